The van der Waals surface area contributed by atoms with Crippen LogP contribution in [0, 0.1) is 5.92 Å². The van der Waals surface area contributed by atoms with Crippen molar-refractivity contribution >= 4 is 34.5 Å². The van der Waals surface area contributed by atoms with Gasteiger partial charge in [-0.05, 0) is 41.5 Å². The molecule has 3 aromatic rings. The third-order valence-corrected chi connectivity index (χ3v) is 5.54. The lowest BCUT2D eigenvalue weighted by molar-refractivity contribution is 0.304. The first-order chi connectivity index (χ1) is 13.1. The summed E-state index contributed by atoms with van der Waals surface area (Å²) < 4.78 is 8.00. The Kier molecular flexibility index (Phi) is 8.10. The predicted octanol–water partition coefficient (Wildman–Crippen LogP) is 5.45. The zero-order valence-corrected chi connectivity index (χ0v) is 18.4. The number of ether oxygens (including phenoxy) is 1. The van der Waals surface area contributed by atoms with Gasteiger partial charge in [0.2, 0.25) is 0 Å². The van der Waals surface area contributed by atoms with E-state index < -0.39 is 0 Å². The van der Waals surface area contributed by atoms with Gasteiger partial charge in [-0.15, -0.1) is 23.7 Å². The van der Waals surface area contributed by atoms with Crippen LogP contribution in [0.15, 0.2) is 40.5 Å². The van der Waals surface area contributed by atoms with Crippen LogP contribution in [-0.2, 0) is 13.1 Å². The number of halogens is 1. The van der Waals surface area contributed by atoms with Gasteiger partial charge >= 0.3 is 0 Å². The number of benzene rings is 1. The molecule has 28 heavy (non-hydrogen) atoms. The summed E-state index contributed by atoms with van der Waals surface area (Å²) in [6.45, 7) is 7.89. The van der Waals surface area contributed by atoms with Gasteiger partial charge in [-0.25, -0.2) is 0 Å². The minimum atomic E-state index is 0. The summed E-state index contributed by atoms with van der Waals surface area (Å²) in [5.41, 5.74) is 7.99. The van der Waals surface area contributed by atoms with E-state index in [9.17, 15) is 4.79 Å². The monoisotopic (exact) mass is 420 g/mol. The molecule has 0 saturated heterocycles. The van der Waals surface area contributed by atoms with E-state index in [1.165, 1.54) is 4.88 Å². The van der Waals surface area contributed by atoms with Gasteiger partial charge in [0.25, 0.3) is 5.56 Å². The predicted molar refractivity (Wildman–Crippen MR) is 122 cm³/mol. The van der Waals surface area contributed by atoms with Crippen LogP contribution in [0.2, 0.25) is 0 Å². The molecule has 0 aliphatic heterocycles. The van der Waals surface area contributed by atoms with Crippen molar-refractivity contribution in [2.24, 2.45) is 11.7 Å². The maximum absolute atomic E-state index is 13.2. The molecule has 152 valence electrons. The average Bonchev–Trinajstić information content (AvgIpc) is 3.19. The fraction of sp³-hybridized carbons (Fsp3) is 0.409. The molecule has 0 saturated carbocycles. The quantitative estimate of drug-likeness (QED) is 0.493. The number of fused-ring (bicyclic) bond motifs is 1. The second kappa shape index (κ2) is 10.1. The molecule has 0 atom stereocenters. The molecule has 2 heterocycles. The molecule has 3 rings (SSSR count). The summed E-state index contributed by atoms with van der Waals surface area (Å²) >= 11 is 1.69. The lowest BCUT2D eigenvalue weighted by atomic mass is 10.0. The number of pyridine rings is 1. The molecular weight excluding hydrogens is 392 g/mol. The Bertz CT molecular complexity index is 965. The van der Waals surface area contributed by atoms with Gasteiger partial charge in [-0.3, -0.25) is 4.79 Å². The highest BCUT2D eigenvalue weighted by Crippen LogP contribution is 2.33. The third kappa shape index (κ3) is 4.59. The molecule has 0 amide bonds. The molecule has 0 fully saturated rings. The normalized spacial score (nSPS) is 11.0. The van der Waals surface area contributed by atoms with E-state index in [2.05, 4.69) is 38.3 Å². The summed E-state index contributed by atoms with van der Waals surface area (Å²) in [6, 6.07) is 10.1. The van der Waals surface area contributed by atoms with E-state index >= 15 is 0 Å². The molecule has 0 bridgehead atoms. The molecule has 0 unspecified atom stereocenters. The van der Waals surface area contributed by atoms with E-state index in [-0.39, 0.29) is 24.5 Å². The minimum Gasteiger partial charge on any atom is -0.491 e. The van der Waals surface area contributed by atoms with Gasteiger partial charge in [0.15, 0.2) is 0 Å². The van der Waals surface area contributed by atoms with Crippen molar-refractivity contribution in [2.75, 3.05) is 6.61 Å². The van der Waals surface area contributed by atoms with Crippen molar-refractivity contribution in [2.45, 2.75) is 46.7 Å². The molecular formula is C22H29ClN2O2S. The molecule has 0 aliphatic carbocycles. The van der Waals surface area contributed by atoms with Gasteiger partial charge in [0, 0.05) is 23.4 Å². The van der Waals surface area contributed by atoms with Crippen LogP contribution in [0.4, 0.5) is 0 Å². The molecule has 4 nitrogen and oxygen atoms in total. The first-order valence-corrected chi connectivity index (χ1v) is 10.5. The number of aromatic nitrogens is 1. The second-order valence-electron chi connectivity index (χ2n) is 7.23. The van der Waals surface area contributed by atoms with Crippen molar-refractivity contribution in [3.63, 3.8) is 0 Å². The summed E-state index contributed by atoms with van der Waals surface area (Å²) in [7, 11) is 0. The Balaban J connectivity index is 0.00000280. The number of thiophene rings is 1. The van der Waals surface area contributed by atoms with Crippen LogP contribution in [0.3, 0.4) is 0 Å². The number of hydrogen-bond acceptors (Lipinski definition) is 4. The largest absolute Gasteiger partial charge is 0.491 e. The SMILES string of the molecule is CCCCOc1c(CN)n(CC(C)C)c(=O)c2ccc(-c3cccs3)cc12.Cl. The maximum atomic E-state index is 13.2. The fourth-order valence-corrected chi connectivity index (χ4v) is 4.03. The molecule has 2 aromatic heterocycles. The smallest absolute Gasteiger partial charge is 0.258 e. The van der Waals surface area contributed by atoms with E-state index in [1.807, 2.05) is 18.2 Å². The molecule has 0 aliphatic rings. The first-order valence-electron chi connectivity index (χ1n) is 9.63. The molecule has 1 aromatic carbocycles. The lowest BCUT2D eigenvalue weighted by Crippen LogP contribution is -2.28. The van der Waals surface area contributed by atoms with Crippen molar-refractivity contribution < 1.29 is 4.74 Å². The number of unbranched alkanes of at least 4 members (excludes halogenated alkanes) is 1. The Morgan fingerprint density at radius 2 is 2.00 bits per heavy atom. The number of hydrogen-bond donors (Lipinski definition) is 1. The Labute approximate surface area is 176 Å². The average molecular weight is 421 g/mol. The summed E-state index contributed by atoms with van der Waals surface area (Å²) in [5, 5.41) is 3.62. The second-order valence-corrected chi connectivity index (χ2v) is 8.18. The van der Waals surface area contributed by atoms with E-state index in [0.717, 1.165) is 35.2 Å². The Morgan fingerprint density at radius 1 is 1.21 bits per heavy atom. The maximum Gasteiger partial charge on any atom is 0.258 e. The lowest BCUT2D eigenvalue weighted by Gasteiger charge is -2.20. The van der Waals surface area contributed by atoms with E-state index in [4.69, 9.17) is 10.5 Å². The molecule has 6 heteroatoms. The van der Waals surface area contributed by atoms with Gasteiger partial charge in [0.05, 0.1) is 17.7 Å². The zero-order chi connectivity index (χ0) is 19.4. The van der Waals surface area contributed by atoms with Gasteiger partial charge in [-0.1, -0.05) is 39.3 Å². The van der Waals surface area contributed by atoms with Crippen LogP contribution in [0.5, 0.6) is 5.75 Å². The molecule has 0 radical (unpaired) electrons. The van der Waals surface area contributed by atoms with Gasteiger partial charge in [-0.2, -0.15) is 0 Å². The van der Waals surface area contributed by atoms with E-state index in [0.29, 0.717) is 24.5 Å². The van der Waals surface area contributed by atoms with Crippen molar-refractivity contribution in [1.82, 2.24) is 4.57 Å². The third-order valence-electron chi connectivity index (χ3n) is 4.62. The molecule has 2 N–H and O–H groups in total. The van der Waals surface area contributed by atoms with Crippen molar-refractivity contribution in [3.8, 4) is 16.2 Å². The van der Waals surface area contributed by atoms with Crippen LogP contribution in [0.1, 0.15) is 39.3 Å². The number of rotatable bonds is 8. The van der Waals surface area contributed by atoms with Gasteiger partial charge < -0.3 is 15.0 Å². The standard InChI is InChI=1S/C22H28N2O2S.ClH/c1-4-5-10-26-21-18-12-16(20-7-6-11-27-20)8-9-17(18)22(25)24(14-15(2)3)19(21)13-23;/h6-9,11-12,15H,4-5,10,13-14,23H2,1-3H3;1H. The van der Waals surface area contributed by atoms with Crippen LogP contribution < -0.4 is 16.0 Å². The topological polar surface area (TPSA) is 57.2 Å². The summed E-state index contributed by atoms with van der Waals surface area (Å²) in [4.78, 5) is 14.4. The molecule has 0 spiro atoms. The van der Waals surface area contributed by atoms with Crippen LogP contribution in [-0.4, -0.2) is 11.2 Å². The zero-order valence-electron chi connectivity index (χ0n) is 16.7. The highest BCUT2D eigenvalue weighted by Gasteiger charge is 2.18. The Morgan fingerprint density at radius 3 is 2.61 bits per heavy atom. The highest BCUT2D eigenvalue weighted by molar-refractivity contribution is 7.13. The van der Waals surface area contributed by atoms with Crippen molar-refractivity contribution in [3.05, 3.63) is 51.8 Å². The summed E-state index contributed by atoms with van der Waals surface area (Å²) in [5.74, 6) is 1.11. The van der Waals surface area contributed by atoms with Crippen LogP contribution >= 0.6 is 23.7 Å². The van der Waals surface area contributed by atoms with Gasteiger partial charge in [0.1, 0.15) is 5.75 Å². The summed E-state index contributed by atoms with van der Waals surface area (Å²) in [6.07, 6.45) is 2.03. The van der Waals surface area contributed by atoms with Crippen LogP contribution in [0.25, 0.3) is 21.2 Å². The van der Waals surface area contributed by atoms with E-state index in [1.54, 1.807) is 15.9 Å². The first kappa shape index (κ1) is 22.5. The minimum absolute atomic E-state index is 0. The fourth-order valence-electron chi connectivity index (χ4n) is 3.30. The number of nitrogens with two attached hydrogens (primary N) is 1. The van der Waals surface area contributed by atoms with Crippen molar-refractivity contribution in [1.29, 1.82) is 0 Å². The number of nitrogens with zero attached hydrogens (tertiary/aromatic N) is 1. The Hall–Kier alpha value is -1.82. The highest BCUT2D eigenvalue weighted by atomic mass is 35.5.